The maximum atomic E-state index is 11.2. The summed E-state index contributed by atoms with van der Waals surface area (Å²) in [6, 6.07) is 0. The largest absolute Gasteiger partial charge is 0.463 e. The topological polar surface area (TPSA) is 26.3 Å². The lowest BCUT2D eigenvalue weighted by atomic mass is 10.1. The zero-order valence-corrected chi connectivity index (χ0v) is 8.73. The van der Waals surface area contributed by atoms with E-state index >= 15 is 0 Å². The molecule has 0 aromatic rings. The number of rotatable bonds is 5. The zero-order chi connectivity index (χ0) is 9.56. The van der Waals surface area contributed by atoms with Crippen LogP contribution >= 0.6 is 11.6 Å². The zero-order valence-electron chi connectivity index (χ0n) is 7.97. The lowest BCUT2D eigenvalue weighted by molar-refractivity contribution is -0.151. The van der Waals surface area contributed by atoms with Crippen molar-refractivity contribution in [3.63, 3.8) is 0 Å². The molecule has 0 aliphatic carbocycles. The Balaban J connectivity index is 3.61. The molecule has 0 aliphatic heterocycles. The van der Waals surface area contributed by atoms with Crippen molar-refractivity contribution in [2.24, 2.45) is 5.92 Å². The molecule has 0 saturated heterocycles. The molecule has 1 unspecified atom stereocenters. The standard InChI is InChI=1S/C9H17ClO2/c1-7(2)12-9(11)8(3)5-4-6-10/h7-8H,4-6H2,1-3H3. The minimum Gasteiger partial charge on any atom is -0.463 e. The van der Waals surface area contributed by atoms with Gasteiger partial charge in [-0.15, -0.1) is 11.6 Å². The lowest BCUT2D eigenvalue weighted by Gasteiger charge is -2.12. The third kappa shape index (κ3) is 5.42. The molecule has 0 saturated carbocycles. The highest BCUT2D eigenvalue weighted by atomic mass is 35.5. The number of esters is 1. The summed E-state index contributed by atoms with van der Waals surface area (Å²) in [5.41, 5.74) is 0. The predicted octanol–water partition coefficient (Wildman–Crippen LogP) is 2.59. The van der Waals surface area contributed by atoms with Crippen LogP contribution in [0.15, 0.2) is 0 Å². The highest BCUT2D eigenvalue weighted by Gasteiger charge is 2.14. The molecule has 0 spiro atoms. The maximum absolute atomic E-state index is 11.2. The monoisotopic (exact) mass is 192 g/mol. The first-order chi connectivity index (χ1) is 5.57. The van der Waals surface area contributed by atoms with Crippen molar-refractivity contribution in [3.05, 3.63) is 0 Å². The summed E-state index contributed by atoms with van der Waals surface area (Å²) >= 11 is 5.50. The van der Waals surface area contributed by atoms with Crippen molar-refractivity contribution >= 4 is 17.6 Å². The number of ether oxygens (including phenoxy) is 1. The van der Waals surface area contributed by atoms with E-state index in [1.54, 1.807) is 0 Å². The molecule has 2 nitrogen and oxygen atoms in total. The predicted molar refractivity (Wildman–Crippen MR) is 50.3 cm³/mol. The van der Waals surface area contributed by atoms with E-state index in [9.17, 15) is 4.79 Å². The molecule has 0 heterocycles. The van der Waals surface area contributed by atoms with Crippen LogP contribution in [0, 0.1) is 5.92 Å². The summed E-state index contributed by atoms with van der Waals surface area (Å²) in [6.45, 7) is 5.58. The summed E-state index contributed by atoms with van der Waals surface area (Å²) in [6.07, 6.45) is 1.67. The molecule has 3 heteroatoms. The van der Waals surface area contributed by atoms with Crippen molar-refractivity contribution in [1.29, 1.82) is 0 Å². The van der Waals surface area contributed by atoms with Crippen LogP contribution in [-0.2, 0) is 9.53 Å². The van der Waals surface area contributed by atoms with Crippen molar-refractivity contribution < 1.29 is 9.53 Å². The van der Waals surface area contributed by atoms with Crippen LogP contribution in [0.2, 0.25) is 0 Å². The van der Waals surface area contributed by atoms with Crippen molar-refractivity contribution in [2.75, 3.05) is 5.88 Å². The highest BCUT2D eigenvalue weighted by Crippen LogP contribution is 2.09. The smallest absolute Gasteiger partial charge is 0.308 e. The minimum atomic E-state index is -0.116. The van der Waals surface area contributed by atoms with Gasteiger partial charge in [0.05, 0.1) is 12.0 Å². The Labute approximate surface area is 79.2 Å². The van der Waals surface area contributed by atoms with Gasteiger partial charge in [-0.2, -0.15) is 0 Å². The molecular formula is C9H17ClO2. The average Bonchev–Trinajstić information content (AvgIpc) is 1.98. The second-order valence-corrected chi connectivity index (χ2v) is 3.60. The third-order valence-corrected chi connectivity index (χ3v) is 1.79. The molecule has 0 aliphatic rings. The Morgan fingerprint density at radius 1 is 1.42 bits per heavy atom. The van der Waals surface area contributed by atoms with E-state index in [1.165, 1.54) is 0 Å². The number of halogens is 1. The van der Waals surface area contributed by atoms with E-state index in [0.717, 1.165) is 12.8 Å². The van der Waals surface area contributed by atoms with Crippen LogP contribution in [0.4, 0.5) is 0 Å². The normalized spacial score (nSPS) is 13.1. The van der Waals surface area contributed by atoms with Crippen LogP contribution in [0.3, 0.4) is 0 Å². The van der Waals surface area contributed by atoms with Crippen LogP contribution in [0.1, 0.15) is 33.6 Å². The number of alkyl halides is 1. The van der Waals surface area contributed by atoms with Gasteiger partial charge in [0.15, 0.2) is 0 Å². The fourth-order valence-corrected chi connectivity index (χ4v) is 1.00. The van der Waals surface area contributed by atoms with Gasteiger partial charge in [-0.25, -0.2) is 0 Å². The first-order valence-corrected chi connectivity index (χ1v) is 4.87. The van der Waals surface area contributed by atoms with Gasteiger partial charge in [0, 0.05) is 5.88 Å². The van der Waals surface area contributed by atoms with Gasteiger partial charge in [-0.1, -0.05) is 6.92 Å². The molecule has 72 valence electrons. The summed E-state index contributed by atoms with van der Waals surface area (Å²) in [7, 11) is 0. The molecule has 0 bridgehead atoms. The van der Waals surface area contributed by atoms with Gasteiger partial charge in [-0.05, 0) is 26.7 Å². The van der Waals surface area contributed by atoms with Gasteiger partial charge in [0.2, 0.25) is 0 Å². The quantitative estimate of drug-likeness (QED) is 0.495. The van der Waals surface area contributed by atoms with E-state index in [-0.39, 0.29) is 18.0 Å². The average molecular weight is 193 g/mol. The van der Waals surface area contributed by atoms with E-state index in [1.807, 2.05) is 20.8 Å². The molecule has 12 heavy (non-hydrogen) atoms. The Kier molecular flexibility index (Phi) is 6.17. The molecule has 0 aromatic heterocycles. The first kappa shape index (κ1) is 11.8. The summed E-state index contributed by atoms with van der Waals surface area (Å²) in [5, 5.41) is 0. The highest BCUT2D eigenvalue weighted by molar-refractivity contribution is 6.17. The van der Waals surface area contributed by atoms with Gasteiger partial charge < -0.3 is 4.74 Å². The Morgan fingerprint density at radius 3 is 2.42 bits per heavy atom. The van der Waals surface area contributed by atoms with Gasteiger partial charge in [0.1, 0.15) is 0 Å². The molecule has 1 atom stereocenters. The van der Waals surface area contributed by atoms with E-state index in [4.69, 9.17) is 16.3 Å². The van der Waals surface area contributed by atoms with E-state index in [0.29, 0.717) is 5.88 Å². The van der Waals surface area contributed by atoms with E-state index < -0.39 is 0 Å². The van der Waals surface area contributed by atoms with Crippen LogP contribution in [0.5, 0.6) is 0 Å². The van der Waals surface area contributed by atoms with E-state index in [2.05, 4.69) is 0 Å². The summed E-state index contributed by atoms with van der Waals surface area (Å²) in [5.74, 6) is 0.473. The van der Waals surface area contributed by atoms with Gasteiger partial charge in [0.25, 0.3) is 0 Å². The summed E-state index contributed by atoms with van der Waals surface area (Å²) < 4.78 is 5.03. The molecule has 0 amide bonds. The summed E-state index contributed by atoms with van der Waals surface area (Å²) in [4.78, 5) is 11.2. The molecule has 0 rings (SSSR count). The minimum absolute atomic E-state index is 0.0176. The third-order valence-electron chi connectivity index (χ3n) is 1.52. The van der Waals surface area contributed by atoms with Crippen molar-refractivity contribution in [3.8, 4) is 0 Å². The van der Waals surface area contributed by atoms with Gasteiger partial charge in [-0.3, -0.25) is 4.79 Å². The number of hydrogen-bond acceptors (Lipinski definition) is 2. The van der Waals surface area contributed by atoms with Crippen LogP contribution < -0.4 is 0 Å². The first-order valence-electron chi connectivity index (χ1n) is 4.34. The second-order valence-electron chi connectivity index (χ2n) is 3.22. The van der Waals surface area contributed by atoms with Crippen LogP contribution in [-0.4, -0.2) is 18.0 Å². The lowest BCUT2D eigenvalue weighted by Crippen LogP contribution is -2.18. The molecule has 0 N–H and O–H groups in total. The van der Waals surface area contributed by atoms with Crippen molar-refractivity contribution in [1.82, 2.24) is 0 Å². The molecule has 0 aromatic carbocycles. The maximum Gasteiger partial charge on any atom is 0.308 e. The fourth-order valence-electron chi connectivity index (χ4n) is 0.850. The Morgan fingerprint density at radius 2 is 2.00 bits per heavy atom. The van der Waals surface area contributed by atoms with Gasteiger partial charge >= 0.3 is 5.97 Å². The second kappa shape index (κ2) is 6.30. The Hall–Kier alpha value is -0.240. The van der Waals surface area contributed by atoms with Crippen LogP contribution in [0.25, 0.3) is 0 Å². The Bertz CT molecular complexity index is 134. The molecule has 0 radical (unpaired) electrons. The SMILES string of the molecule is CC(C)OC(=O)C(C)CCCCl. The molecular weight excluding hydrogens is 176 g/mol. The number of hydrogen-bond donors (Lipinski definition) is 0. The number of carbonyl (C=O) groups excluding carboxylic acids is 1. The number of carbonyl (C=O) groups is 1. The fraction of sp³-hybridized carbons (Fsp3) is 0.889. The van der Waals surface area contributed by atoms with Crippen molar-refractivity contribution in [2.45, 2.75) is 39.7 Å². The molecule has 0 fully saturated rings.